The zero-order valence-electron chi connectivity index (χ0n) is 27.6. The number of hydrogen-bond donors (Lipinski definition) is 1. The van der Waals surface area contributed by atoms with Gasteiger partial charge in [-0.1, -0.05) is 35.4 Å². The van der Waals surface area contributed by atoms with Gasteiger partial charge >= 0.3 is 0 Å². The Kier molecular flexibility index (Phi) is 9.81. The van der Waals surface area contributed by atoms with Crippen molar-refractivity contribution in [2.45, 2.75) is 103 Å². The predicted octanol–water partition coefficient (Wildman–Crippen LogP) is 5.84. The molecule has 2 amide bonds. The first-order valence-electron chi connectivity index (χ1n) is 16.3. The number of nitrogens with zero attached hydrogens (tertiary/aromatic N) is 5. The molecule has 1 aromatic heterocycles. The number of rotatable bonds is 12. The van der Waals surface area contributed by atoms with Crippen LogP contribution in [0.4, 0.5) is 15.5 Å². The fraction of sp³-hybridized carbons (Fsp3) is 0.588. The molecule has 1 aromatic carbocycles. The van der Waals surface area contributed by atoms with E-state index < -0.39 is 31.6 Å². The quantitative estimate of drug-likeness (QED) is 0.178. The van der Waals surface area contributed by atoms with Crippen molar-refractivity contribution in [2.24, 2.45) is 5.92 Å². The molecule has 4 atom stereocenters. The van der Waals surface area contributed by atoms with Crippen molar-refractivity contribution in [2.75, 3.05) is 29.5 Å². The summed E-state index contributed by atoms with van der Waals surface area (Å²) in [6.45, 7) is 13.1. The van der Waals surface area contributed by atoms with Crippen LogP contribution < -0.4 is 9.80 Å². The van der Waals surface area contributed by atoms with Crippen LogP contribution in [0.15, 0.2) is 47.7 Å². The maximum atomic E-state index is 16.3. The summed E-state index contributed by atoms with van der Waals surface area (Å²) in [4.78, 5) is 31.0. The lowest BCUT2D eigenvalue weighted by molar-refractivity contribution is -0.145. The van der Waals surface area contributed by atoms with Gasteiger partial charge in [0.05, 0.1) is 17.5 Å². The number of benzene rings is 1. The van der Waals surface area contributed by atoms with Crippen LogP contribution in [0.3, 0.4) is 0 Å². The second kappa shape index (κ2) is 13.3. The topological polar surface area (TPSA) is 101 Å². The SMILES string of the molecule is CC(C)=CCC/C(C)=C/CN1C(=O)[C@@]2(O[C@@H](CCn3cc(CCO)nn3)[C@H]([Si](C)(C)F)[C@H]2C)c2cc(N3CCCC3=O)ccc21. The van der Waals surface area contributed by atoms with E-state index in [1.807, 2.05) is 25.1 Å². The lowest BCUT2D eigenvalue weighted by Crippen LogP contribution is -2.45. The highest BCUT2D eigenvalue weighted by Crippen LogP contribution is 2.60. The summed E-state index contributed by atoms with van der Waals surface area (Å²) in [5.74, 6) is -0.514. The molecule has 2 aromatic rings. The lowest BCUT2D eigenvalue weighted by atomic mass is 9.82. The first-order valence-corrected chi connectivity index (χ1v) is 19.2. The van der Waals surface area contributed by atoms with Crippen molar-refractivity contribution in [3.8, 4) is 0 Å². The van der Waals surface area contributed by atoms with Crippen LogP contribution in [0.2, 0.25) is 18.6 Å². The fourth-order valence-corrected chi connectivity index (χ4v) is 9.99. The predicted molar refractivity (Wildman–Crippen MR) is 176 cm³/mol. The van der Waals surface area contributed by atoms with Gasteiger partial charge in [0.2, 0.25) is 14.3 Å². The standard InChI is InChI=1S/C34H48FN5O4Si/c1-23(2)9-7-10-24(3)14-19-40-29-13-12-27(39-17-8-11-31(39)42)21-28(29)34(33(40)43)25(4)32(45(5,6)35)30(44-34)15-18-38-22-26(16-20-41)36-37-38/h9,12-14,21-22,25,30,32,41H,7-8,10-11,15-20H2,1-6H3/b24-14+/t25-,30+,32-,34+/m1/s1. The smallest absolute Gasteiger partial charge is 0.264 e. The number of ether oxygens (including phenoxy) is 1. The van der Waals surface area contributed by atoms with Gasteiger partial charge in [0.1, 0.15) is 0 Å². The van der Waals surface area contributed by atoms with Crippen LogP contribution >= 0.6 is 0 Å². The van der Waals surface area contributed by atoms with E-state index in [-0.39, 0.29) is 18.4 Å². The van der Waals surface area contributed by atoms with Crippen LogP contribution in [0.5, 0.6) is 0 Å². The summed E-state index contributed by atoms with van der Waals surface area (Å²) in [5, 5.41) is 17.6. The Morgan fingerprint density at radius 2 is 2.00 bits per heavy atom. The number of halogens is 1. The van der Waals surface area contributed by atoms with E-state index >= 15 is 4.11 Å². The molecule has 3 aliphatic rings. The largest absolute Gasteiger partial charge is 0.396 e. The lowest BCUT2D eigenvalue weighted by Gasteiger charge is -2.31. The molecule has 9 nitrogen and oxygen atoms in total. The van der Waals surface area contributed by atoms with Gasteiger partial charge < -0.3 is 23.8 Å². The first kappa shape index (κ1) is 33.2. The van der Waals surface area contributed by atoms with Crippen molar-refractivity contribution in [1.29, 1.82) is 0 Å². The third-order valence-electron chi connectivity index (χ3n) is 9.64. The van der Waals surface area contributed by atoms with E-state index in [0.29, 0.717) is 44.6 Å². The molecule has 2 fully saturated rings. The fourth-order valence-electron chi connectivity index (χ4n) is 7.45. The normalized spacial score (nSPS) is 25.2. The minimum atomic E-state index is -3.33. The maximum Gasteiger partial charge on any atom is 0.264 e. The van der Waals surface area contributed by atoms with E-state index in [2.05, 4.69) is 43.2 Å². The van der Waals surface area contributed by atoms with E-state index in [0.717, 1.165) is 36.2 Å². The minimum absolute atomic E-state index is 0.0125. The molecular formula is C34H48FN5O4Si. The van der Waals surface area contributed by atoms with Crippen LogP contribution in [-0.4, -0.2) is 66.1 Å². The number of carbonyl (C=O) groups excluding carboxylic acids is 2. The van der Waals surface area contributed by atoms with Crippen LogP contribution in [0, 0.1) is 5.92 Å². The van der Waals surface area contributed by atoms with E-state index in [1.54, 1.807) is 33.8 Å². The van der Waals surface area contributed by atoms with E-state index in [4.69, 9.17) is 4.74 Å². The van der Waals surface area contributed by atoms with Crippen molar-refractivity contribution in [3.05, 3.63) is 59.0 Å². The summed E-state index contributed by atoms with van der Waals surface area (Å²) >= 11 is 0. The molecule has 0 unspecified atom stereocenters. The first-order chi connectivity index (χ1) is 21.4. The number of carbonyl (C=O) groups is 2. The molecule has 0 bridgehead atoms. The molecule has 0 aliphatic carbocycles. The number of fused-ring (bicyclic) bond motifs is 2. The van der Waals surface area contributed by atoms with Crippen LogP contribution in [0.25, 0.3) is 0 Å². The number of anilines is 2. The Morgan fingerprint density at radius 3 is 2.67 bits per heavy atom. The number of hydrogen-bond acceptors (Lipinski definition) is 6. The number of allylic oxidation sites excluding steroid dienone is 3. The van der Waals surface area contributed by atoms with Gasteiger partial charge in [-0.3, -0.25) is 14.3 Å². The maximum absolute atomic E-state index is 16.3. The average Bonchev–Trinajstić information content (AvgIpc) is 3.73. The Morgan fingerprint density at radius 1 is 1.22 bits per heavy atom. The van der Waals surface area contributed by atoms with Crippen LogP contribution in [-0.2, 0) is 32.9 Å². The van der Waals surface area contributed by atoms with Crippen molar-refractivity contribution in [1.82, 2.24) is 15.0 Å². The van der Waals surface area contributed by atoms with Gasteiger partial charge in [-0.2, -0.15) is 0 Å². The average molecular weight is 638 g/mol. The van der Waals surface area contributed by atoms with Crippen molar-refractivity contribution >= 4 is 31.6 Å². The molecule has 1 N–H and O–H groups in total. The van der Waals surface area contributed by atoms with Gasteiger partial charge in [-0.25, -0.2) is 0 Å². The van der Waals surface area contributed by atoms with Crippen molar-refractivity contribution < 1.29 is 23.5 Å². The monoisotopic (exact) mass is 637 g/mol. The van der Waals surface area contributed by atoms with Crippen LogP contribution in [0.1, 0.15) is 71.1 Å². The molecule has 45 heavy (non-hydrogen) atoms. The molecular weight excluding hydrogens is 589 g/mol. The van der Waals surface area contributed by atoms with Gasteiger partial charge in [-0.15, -0.1) is 5.10 Å². The Labute approximate surface area is 267 Å². The van der Waals surface area contributed by atoms with Gasteiger partial charge in [0.25, 0.3) is 5.91 Å². The zero-order chi connectivity index (χ0) is 32.5. The number of aromatic nitrogens is 3. The Balaban J connectivity index is 1.51. The highest BCUT2D eigenvalue weighted by molar-refractivity contribution is 6.72. The molecule has 1 spiro atoms. The van der Waals surface area contributed by atoms with Gasteiger partial charge in [0.15, 0.2) is 5.60 Å². The molecule has 3 aliphatic heterocycles. The summed E-state index contributed by atoms with van der Waals surface area (Å²) < 4.78 is 24.9. The molecule has 11 heteroatoms. The molecule has 4 heterocycles. The minimum Gasteiger partial charge on any atom is -0.396 e. The van der Waals surface area contributed by atoms with Gasteiger partial charge in [0, 0.05) is 68.0 Å². The summed E-state index contributed by atoms with van der Waals surface area (Å²) in [7, 11) is -3.33. The third-order valence-corrected chi connectivity index (χ3v) is 12.1. The number of amides is 2. The molecule has 0 saturated carbocycles. The molecule has 244 valence electrons. The highest BCUT2D eigenvalue weighted by Gasteiger charge is 2.66. The second-order valence-corrected chi connectivity index (χ2v) is 17.4. The van der Waals surface area contributed by atoms with E-state index in [1.165, 1.54) is 11.1 Å². The number of aliphatic hydroxyl groups excluding tert-OH is 1. The zero-order valence-corrected chi connectivity index (χ0v) is 28.6. The number of aryl methyl sites for hydroxylation is 1. The summed E-state index contributed by atoms with van der Waals surface area (Å²) in [6.07, 6.45) is 9.64. The Bertz CT molecular complexity index is 1480. The highest BCUT2D eigenvalue weighted by atomic mass is 28.4. The molecule has 0 radical (unpaired) electrons. The summed E-state index contributed by atoms with van der Waals surface area (Å²) in [5.41, 5.74) is 3.62. The van der Waals surface area contributed by atoms with Gasteiger partial charge in [-0.05, 0) is 77.7 Å². The Hall–Kier alpha value is -3.15. The number of aliphatic hydroxyl groups is 1. The third kappa shape index (κ3) is 6.57. The van der Waals surface area contributed by atoms with Crippen molar-refractivity contribution in [3.63, 3.8) is 0 Å². The summed E-state index contributed by atoms with van der Waals surface area (Å²) in [6, 6.07) is 5.80. The molecule has 2 saturated heterocycles. The second-order valence-electron chi connectivity index (χ2n) is 13.6. The van der Waals surface area contributed by atoms with E-state index in [9.17, 15) is 14.7 Å². The molecule has 5 rings (SSSR count).